The van der Waals surface area contributed by atoms with Gasteiger partial charge in [0.15, 0.2) is 5.16 Å². The number of nitrogens with zero attached hydrogens (tertiary/aromatic N) is 3. The van der Waals surface area contributed by atoms with Crippen LogP contribution in [0.2, 0.25) is 5.02 Å². The molecule has 0 aliphatic heterocycles. The second-order valence-corrected chi connectivity index (χ2v) is 7.88. The summed E-state index contributed by atoms with van der Waals surface area (Å²) in [6.07, 6.45) is 1.65. The molecule has 0 aliphatic carbocycles. The third-order valence-electron chi connectivity index (χ3n) is 4.67. The van der Waals surface area contributed by atoms with E-state index in [2.05, 4.69) is 10.2 Å². The fourth-order valence-electron chi connectivity index (χ4n) is 3.40. The van der Waals surface area contributed by atoms with Gasteiger partial charge in [0.1, 0.15) is 11.9 Å². The highest BCUT2D eigenvalue weighted by Gasteiger charge is 2.13. The van der Waals surface area contributed by atoms with E-state index in [0.717, 1.165) is 27.4 Å². The van der Waals surface area contributed by atoms with Crippen LogP contribution in [0.25, 0.3) is 27.4 Å². The van der Waals surface area contributed by atoms with Crippen molar-refractivity contribution in [3.63, 3.8) is 0 Å². The zero-order chi connectivity index (χ0) is 19.8. The Morgan fingerprint density at radius 2 is 1.93 bits per heavy atom. The van der Waals surface area contributed by atoms with Crippen LogP contribution in [0.3, 0.4) is 0 Å². The number of aromatic nitrogens is 3. The predicted molar refractivity (Wildman–Crippen MR) is 116 cm³/mol. The number of rotatable bonds is 4. The van der Waals surface area contributed by atoms with E-state index in [1.807, 2.05) is 65.2 Å². The molecule has 5 rings (SSSR count). The van der Waals surface area contributed by atoms with Gasteiger partial charge in [0.25, 0.3) is 0 Å². The van der Waals surface area contributed by atoms with Crippen LogP contribution in [0.5, 0.6) is 0 Å². The molecule has 0 amide bonds. The van der Waals surface area contributed by atoms with Gasteiger partial charge < -0.3 is 4.42 Å². The maximum absolute atomic E-state index is 12.1. The van der Waals surface area contributed by atoms with Crippen molar-refractivity contribution in [2.24, 2.45) is 0 Å². The highest BCUT2D eigenvalue weighted by atomic mass is 35.5. The van der Waals surface area contributed by atoms with Gasteiger partial charge in [-0.05, 0) is 40.6 Å². The molecule has 0 fully saturated rings. The zero-order valence-corrected chi connectivity index (χ0v) is 16.7. The van der Waals surface area contributed by atoms with E-state index in [1.165, 1.54) is 11.8 Å². The van der Waals surface area contributed by atoms with E-state index in [0.29, 0.717) is 21.5 Å². The second-order valence-electron chi connectivity index (χ2n) is 6.50. The Labute approximate surface area is 174 Å². The topological polar surface area (TPSA) is 60.9 Å². The molecule has 7 heteroatoms. The first-order valence-electron chi connectivity index (χ1n) is 8.92. The molecule has 0 saturated carbocycles. The van der Waals surface area contributed by atoms with Gasteiger partial charge in [-0.25, -0.2) is 4.79 Å². The van der Waals surface area contributed by atoms with E-state index in [9.17, 15) is 4.79 Å². The molecule has 0 N–H and O–H groups in total. The van der Waals surface area contributed by atoms with Crippen LogP contribution in [0.1, 0.15) is 5.56 Å². The number of fused-ring (bicyclic) bond motifs is 3. The molecule has 0 unspecified atom stereocenters. The first-order valence-corrected chi connectivity index (χ1v) is 10.3. The molecular weight excluding hydrogens is 406 g/mol. The van der Waals surface area contributed by atoms with Crippen LogP contribution < -0.4 is 5.63 Å². The molecule has 29 heavy (non-hydrogen) atoms. The molecule has 0 spiro atoms. The summed E-state index contributed by atoms with van der Waals surface area (Å²) in [4.78, 5) is 12.1. The lowest BCUT2D eigenvalue weighted by atomic mass is 10.0. The number of halogens is 1. The van der Waals surface area contributed by atoms with Gasteiger partial charge in [-0.15, -0.1) is 10.2 Å². The van der Waals surface area contributed by atoms with Crippen LogP contribution >= 0.6 is 23.4 Å². The van der Waals surface area contributed by atoms with Crippen LogP contribution in [0, 0.1) is 0 Å². The van der Waals surface area contributed by atoms with Crippen LogP contribution in [-0.2, 0) is 5.75 Å². The Bertz CT molecular complexity index is 1410. The third kappa shape index (κ3) is 3.41. The quantitative estimate of drug-likeness (QED) is 0.219. The number of hydrogen-bond donors (Lipinski definition) is 0. The highest BCUT2D eigenvalue weighted by molar-refractivity contribution is 7.98. The van der Waals surface area contributed by atoms with Gasteiger partial charge in [0, 0.05) is 22.2 Å². The smallest absolute Gasteiger partial charge is 0.336 e. The van der Waals surface area contributed by atoms with Crippen molar-refractivity contribution in [1.29, 1.82) is 0 Å². The molecule has 142 valence electrons. The van der Waals surface area contributed by atoms with Crippen LogP contribution in [0.4, 0.5) is 0 Å². The van der Waals surface area contributed by atoms with Crippen molar-refractivity contribution in [1.82, 2.24) is 14.8 Å². The molecule has 0 saturated heterocycles. The van der Waals surface area contributed by atoms with E-state index in [1.54, 1.807) is 12.4 Å². The summed E-state index contributed by atoms with van der Waals surface area (Å²) in [5.74, 6) is 0.551. The minimum Gasteiger partial charge on any atom is -0.423 e. The lowest BCUT2D eigenvalue weighted by Crippen LogP contribution is -2.01. The minimum absolute atomic E-state index is 0.361. The molecule has 0 bridgehead atoms. The van der Waals surface area contributed by atoms with Crippen molar-refractivity contribution >= 4 is 45.1 Å². The molecule has 5 aromatic rings. The molecule has 3 aromatic carbocycles. The maximum Gasteiger partial charge on any atom is 0.336 e. The first kappa shape index (κ1) is 18.0. The van der Waals surface area contributed by atoms with Crippen molar-refractivity contribution in [3.05, 3.63) is 94.1 Å². The summed E-state index contributed by atoms with van der Waals surface area (Å²) in [5, 5.41) is 12.7. The second kappa shape index (κ2) is 7.39. The van der Waals surface area contributed by atoms with Gasteiger partial charge in [-0.3, -0.25) is 4.57 Å². The van der Waals surface area contributed by atoms with Crippen molar-refractivity contribution < 1.29 is 4.42 Å². The van der Waals surface area contributed by atoms with Gasteiger partial charge >= 0.3 is 5.63 Å². The Morgan fingerprint density at radius 1 is 1.03 bits per heavy atom. The minimum atomic E-state index is -0.361. The largest absolute Gasteiger partial charge is 0.423 e. The zero-order valence-electron chi connectivity index (χ0n) is 15.1. The van der Waals surface area contributed by atoms with E-state index in [-0.39, 0.29) is 5.63 Å². The highest BCUT2D eigenvalue weighted by Crippen LogP contribution is 2.31. The lowest BCUT2D eigenvalue weighted by molar-refractivity contribution is 0.560. The van der Waals surface area contributed by atoms with Gasteiger partial charge in [0.05, 0.1) is 5.69 Å². The Balaban J connectivity index is 1.56. The SMILES string of the molecule is O=c1cc(CSc2nncn2-c2cccc(Cl)c2)c2c(ccc3ccccc32)o1. The molecular formula is C22H14ClN3O2S. The van der Waals surface area contributed by atoms with Crippen molar-refractivity contribution in [2.45, 2.75) is 10.9 Å². The van der Waals surface area contributed by atoms with Crippen molar-refractivity contribution in [3.8, 4) is 5.69 Å². The van der Waals surface area contributed by atoms with E-state index >= 15 is 0 Å². The lowest BCUT2D eigenvalue weighted by Gasteiger charge is -2.09. The van der Waals surface area contributed by atoms with Gasteiger partial charge in [0.2, 0.25) is 0 Å². The molecule has 0 atom stereocenters. The summed E-state index contributed by atoms with van der Waals surface area (Å²) in [7, 11) is 0. The van der Waals surface area contributed by atoms with Gasteiger partial charge in [-0.2, -0.15) is 0 Å². The van der Waals surface area contributed by atoms with E-state index < -0.39 is 0 Å². The van der Waals surface area contributed by atoms with Crippen LogP contribution in [0.15, 0.2) is 87.4 Å². The summed E-state index contributed by atoms with van der Waals surface area (Å²) in [5.41, 5.74) is 2.01. The number of hydrogen-bond acceptors (Lipinski definition) is 5. The fraction of sp³-hybridized carbons (Fsp3) is 0.0455. The maximum atomic E-state index is 12.1. The average Bonchev–Trinajstić information content (AvgIpc) is 3.20. The Morgan fingerprint density at radius 3 is 2.83 bits per heavy atom. The average molecular weight is 420 g/mol. The fourth-order valence-corrected chi connectivity index (χ4v) is 4.50. The summed E-state index contributed by atoms with van der Waals surface area (Å²) in [6, 6.07) is 20.9. The summed E-state index contributed by atoms with van der Waals surface area (Å²) < 4.78 is 7.32. The normalized spacial score (nSPS) is 11.3. The molecule has 0 aliphatic rings. The predicted octanol–water partition coefficient (Wildman–Crippen LogP) is 5.47. The Kier molecular flexibility index (Phi) is 4.58. The molecule has 5 nitrogen and oxygen atoms in total. The summed E-state index contributed by atoms with van der Waals surface area (Å²) >= 11 is 7.62. The Hall–Kier alpha value is -3.09. The van der Waals surface area contributed by atoms with Crippen molar-refractivity contribution in [2.75, 3.05) is 0 Å². The van der Waals surface area contributed by atoms with E-state index in [4.69, 9.17) is 16.0 Å². The molecule has 2 aromatic heterocycles. The molecule has 2 heterocycles. The third-order valence-corrected chi connectivity index (χ3v) is 5.90. The van der Waals surface area contributed by atoms with Crippen LogP contribution in [-0.4, -0.2) is 14.8 Å². The number of benzene rings is 3. The standard InChI is InChI=1S/C22H14ClN3O2S/c23-16-5-3-6-17(11-16)26-13-24-25-22(26)29-12-15-10-20(27)28-19-9-8-14-4-1-2-7-18(14)21(15)19/h1-11,13H,12H2. The summed E-state index contributed by atoms with van der Waals surface area (Å²) in [6.45, 7) is 0. The van der Waals surface area contributed by atoms with Gasteiger partial charge in [-0.1, -0.05) is 59.8 Å². The monoisotopic (exact) mass is 419 g/mol. The number of thioether (sulfide) groups is 1. The molecule has 0 radical (unpaired) electrons. The first-order chi connectivity index (χ1) is 14.2.